The fourth-order valence-electron chi connectivity index (χ4n) is 2.02. The van der Waals surface area contributed by atoms with Crippen molar-refractivity contribution in [2.75, 3.05) is 21.3 Å². The van der Waals surface area contributed by atoms with Crippen LogP contribution in [0.15, 0.2) is 12.1 Å². The van der Waals surface area contributed by atoms with Gasteiger partial charge in [0.05, 0.1) is 14.2 Å². The van der Waals surface area contributed by atoms with Gasteiger partial charge >= 0.3 is 11.9 Å². The molecule has 1 rings (SSSR count). The van der Waals surface area contributed by atoms with E-state index in [9.17, 15) is 9.59 Å². The maximum absolute atomic E-state index is 11.7. The zero-order valence-corrected chi connectivity index (χ0v) is 11.9. The van der Waals surface area contributed by atoms with Crippen molar-refractivity contribution in [2.45, 2.75) is 20.4 Å². The Labute approximate surface area is 113 Å². The smallest absolute Gasteiger partial charge is 0.396 e. The van der Waals surface area contributed by atoms with Crippen molar-refractivity contribution in [3.63, 3.8) is 0 Å². The molecule has 0 aromatic heterocycles. The van der Waals surface area contributed by atoms with E-state index in [1.807, 2.05) is 26.0 Å². The van der Waals surface area contributed by atoms with Crippen LogP contribution in [0, 0.1) is 13.8 Å². The second-order valence-electron chi connectivity index (χ2n) is 4.43. The van der Waals surface area contributed by atoms with Crippen molar-refractivity contribution in [3.8, 4) is 5.75 Å². The van der Waals surface area contributed by atoms with Gasteiger partial charge in [0.15, 0.2) is 0 Å². The number of hydrogen-bond donors (Lipinski definition) is 0. The van der Waals surface area contributed by atoms with Crippen molar-refractivity contribution in [1.82, 2.24) is 4.90 Å². The quantitative estimate of drug-likeness (QED) is 0.613. The van der Waals surface area contributed by atoms with E-state index in [4.69, 9.17) is 4.74 Å². The molecule has 0 heterocycles. The number of nitrogens with zero attached hydrogens (tertiary/aromatic N) is 1. The number of aryl methyl sites for hydroxylation is 2. The predicted molar refractivity (Wildman–Crippen MR) is 71.0 cm³/mol. The van der Waals surface area contributed by atoms with Gasteiger partial charge in [0, 0.05) is 19.2 Å². The normalized spacial score (nSPS) is 9.95. The summed E-state index contributed by atoms with van der Waals surface area (Å²) >= 11 is 0. The van der Waals surface area contributed by atoms with Crippen LogP contribution in [0.1, 0.15) is 16.7 Å². The Morgan fingerprint density at radius 1 is 1.21 bits per heavy atom. The van der Waals surface area contributed by atoms with E-state index in [2.05, 4.69) is 4.74 Å². The minimum Gasteiger partial charge on any atom is -0.496 e. The van der Waals surface area contributed by atoms with Gasteiger partial charge in [-0.15, -0.1) is 0 Å². The average molecular weight is 265 g/mol. The Morgan fingerprint density at radius 2 is 1.84 bits per heavy atom. The fraction of sp³-hybridized carbons (Fsp3) is 0.429. The molecular weight excluding hydrogens is 246 g/mol. The summed E-state index contributed by atoms with van der Waals surface area (Å²) in [6.07, 6.45) is 0. The van der Waals surface area contributed by atoms with Crippen LogP contribution in [0.25, 0.3) is 0 Å². The molecule has 5 heteroatoms. The summed E-state index contributed by atoms with van der Waals surface area (Å²) < 4.78 is 9.76. The summed E-state index contributed by atoms with van der Waals surface area (Å²) in [5.41, 5.74) is 2.93. The third-order valence-electron chi connectivity index (χ3n) is 2.81. The topological polar surface area (TPSA) is 55.8 Å². The first-order chi connectivity index (χ1) is 8.90. The van der Waals surface area contributed by atoms with Crippen LogP contribution in [0.4, 0.5) is 0 Å². The van der Waals surface area contributed by atoms with Crippen LogP contribution in [-0.4, -0.2) is 38.0 Å². The molecule has 5 nitrogen and oxygen atoms in total. The van der Waals surface area contributed by atoms with Crippen LogP contribution in [0.3, 0.4) is 0 Å². The monoisotopic (exact) mass is 265 g/mol. The number of likely N-dealkylation sites (N-methyl/N-ethyl adjacent to an activating group) is 1. The molecule has 0 radical (unpaired) electrons. The van der Waals surface area contributed by atoms with Crippen LogP contribution in [0.2, 0.25) is 0 Å². The summed E-state index contributed by atoms with van der Waals surface area (Å²) in [6.45, 7) is 4.20. The first-order valence-corrected chi connectivity index (χ1v) is 5.88. The van der Waals surface area contributed by atoms with E-state index in [0.29, 0.717) is 6.54 Å². The zero-order chi connectivity index (χ0) is 14.6. The van der Waals surface area contributed by atoms with Gasteiger partial charge in [-0.2, -0.15) is 0 Å². The molecule has 0 atom stereocenters. The lowest BCUT2D eigenvalue weighted by atomic mass is 10.1. The number of benzene rings is 1. The van der Waals surface area contributed by atoms with Crippen molar-refractivity contribution in [2.24, 2.45) is 0 Å². The molecule has 104 valence electrons. The Balaban J connectivity index is 2.99. The number of rotatable bonds is 3. The van der Waals surface area contributed by atoms with Crippen LogP contribution >= 0.6 is 0 Å². The highest BCUT2D eigenvalue weighted by Gasteiger charge is 2.20. The van der Waals surface area contributed by atoms with E-state index in [1.165, 1.54) is 12.0 Å². The Kier molecular flexibility index (Phi) is 4.92. The van der Waals surface area contributed by atoms with Crippen LogP contribution in [0.5, 0.6) is 5.75 Å². The molecule has 0 bridgehead atoms. The van der Waals surface area contributed by atoms with Gasteiger partial charge in [-0.25, -0.2) is 4.79 Å². The van der Waals surface area contributed by atoms with Gasteiger partial charge in [0.1, 0.15) is 5.75 Å². The second-order valence-corrected chi connectivity index (χ2v) is 4.43. The average Bonchev–Trinajstić information content (AvgIpc) is 2.36. The fourth-order valence-corrected chi connectivity index (χ4v) is 2.02. The summed E-state index contributed by atoms with van der Waals surface area (Å²) in [6, 6.07) is 3.94. The van der Waals surface area contributed by atoms with E-state index in [0.717, 1.165) is 22.4 Å². The molecular formula is C14H19NO4. The number of esters is 1. The minimum absolute atomic E-state index is 0.291. The number of methoxy groups -OCH3 is 2. The van der Waals surface area contributed by atoms with Crippen molar-refractivity contribution >= 4 is 11.9 Å². The predicted octanol–water partition coefficient (Wildman–Crippen LogP) is 1.44. The molecule has 1 amide bonds. The number of amides is 1. The third-order valence-corrected chi connectivity index (χ3v) is 2.81. The van der Waals surface area contributed by atoms with Crippen molar-refractivity contribution in [3.05, 3.63) is 28.8 Å². The lowest BCUT2D eigenvalue weighted by Crippen LogP contribution is -2.33. The molecule has 19 heavy (non-hydrogen) atoms. The van der Waals surface area contributed by atoms with Crippen molar-refractivity contribution < 1.29 is 19.1 Å². The molecule has 0 saturated heterocycles. The zero-order valence-electron chi connectivity index (χ0n) is 11.9. The van der Waals surface area contributed by atoms with E-state index in [-0.39, 0.29) is 0 Å². The summed E-state index contributed by atoms with van der Waals surface area (Å²) in [7, 11) is 4.32. The molecule has 0 unspecified atom stereocenters. The number of carbonyl (C=O) groups is 2. The van der Waals surface area contributed by atoms with E-state index >= 15 is 0 Å². The molecule has 0 aliphatic heterocycles. The molecule has 0 aliphatic carbocycles. The van der Waals surface area contributed by atoms with E-state index < -0.39 is 11.9 Å². The highest BCUT2D eigenvalue weighted by molar-refractivity contribution is 6.32. The molecule has 1 aromatic rings. The summed E-state index contributed by atoms with van der Waals surface area (Å²) in [4.78, 5) is 24.2. The Morgan fingerprint density at radius 3 is 2.37 bits per heavy atom. The van der Waals surface area contributed by atoms with Crippen LogP contribution < -0.4 is 4.74 Å². The lowest BCUT2D eigenvalue weighted by Gasteiger charge is -2.19. The van der Waals surface area contributed by atoms with Gasteiger partial charge in [-0.3, -0.25) is 4.79 Å². The Hall–Kier alpha value is -2.04. The first kappa shape index (κ1) is 15.0. The number of ether oxygens (including phenoxy) is 2. The SMILES string of the molecule is COC(=O)C(=O)N(C)Cc1cc(C)cc(C)c1OC. The standard InChI is InChI=1S/C14H19NO4/c1-9-6-10(2)12(18-4)11(7-9)8-15(3)13(16)14(17)19-5/h6-7H,8H2,1-5H3. The van der Waals surface area contributed by atoms with Gasteiger partial charge in [0.2, 0.25) is 0 Å². The van der Waals surface area contributed by atoms with E-state index in [1.54, 1.807) is 14.2 Å². The Bertz CT molecular complexity index is 496. The molecule has 0 saturated carbocycles. The third kappa shape index (κ3) is 3.47. The van der Waals surface area contributed by atoms with Crippen LogP contribution in [-0.2, 0) is 20.9 Å². The largest absolute Gasteiger partial charge is 0.496 e. The highest BCUT2D eigenvalue weighted by Crippen LogP contribution is 2.26. The minimum atomic E-state index is -0.870. The van der Waals surface area contributed by atoms with Gasteiger partial charge in [0.25, 0.3) is 0 Å². The van der Waals surface area contributed by atoms with Gasteiger partial charge in [-0.05, 0) is 19.4 Å². The lowest BCUT2D eigenvalue weighted by molar-refractivity contribution is -0.157. The second kappa shape index (κ2) is 6.22. The van der Waals surface area contributed by atoms with Crippen molar-refractivity contribution in [1.29, 1.82) is 0 Å². The summed E-state index contributed by atoms with van der Waals surface area (Å²) in [5.74, 6) is -0.815. The highest BCUT2D eigenvalue weighted by atomic mass is 16.5. The molecule has 0 aliphatic rings. The number of hydrogen-bond acceptors (Lipinski definition) is 4. The maximum atomic E-state index is 11.7. The molecule has 0 N–H and O–H groups in total. The molecule has 0 spiro atoms. The molecule has 1 aromatic carbocycles. The van der Waals surface area contributed by atoms with Gasteiger partial charge < -0.3 is 14.4 Å². The molecule has 0 fully saturated rings. The first-order valence-electron chi connectivity index (χ1n) is 5.88. The number of carbonyl (C=O) groups excluding carboxylic acids is 2. The van der Waals surface area contributed by atoms with Gasteiger partial charge in [-0.1, -0.05) is 17.7 Å². The summed E-state index contributed by atoms with van der Waals surface area (Å²) in [5, 5.41) is 0. The maximum Gasteiger partial charge on any atom is 0.396 e.